The van der Waals surface area contributed by atoms with Gasteiger partial charge in [-0.3, -0.25) is 9.48 Å². The maximum absolute atomic E-state index is 15.3. The van der Waals surface area contributed by atoms with Crippen molar-refractivity contribution in [2.45, 2.75) is 63.5 Å². The Bertz CT molecular complexity index is 1450. The molecule has 1 amide bonds. The number of aryl methyl sites for hydroxylation is 2. The van der Waals surface area contributed by atoms with Crippen LogP contribution in [0.2, 0.25) is 0 Å². The van der Waals surface area contributed by atoms with Gasteiger partial charge in [-0.15, -0.1) is 0 Å². The van der Waals surface area contributed by atoms with E-state index in [-0.39, 0.29) is 36.1 Å². The molecule has 210 valence electrons. The molecule has 0 aliphatic carbocycles. The van der Waals surface area contributed by atoms with Crippen molar-refractivity contribution < 1.29 is 35.5 Å². The molecule has 3 aromatic rings. The van der Waals surface area contributed by atoms with Crippen LogP contribution in [0.3, 0.4) is 0 Å². The number of amides is 1. The van der Waals surface area contributed by atoms with Crippen LogP contribution >= 0.6 is 0 Å². The van der Waals surface area contributed by atoms with Gasteiger partial charge in [-0.1, -0.05) is 12.1 Å². The highest BCUT2D eigenvalue weighted by Crippen LogP contribution is 2.49. The van der Waals surface area contributed by atoms with E-state index in [1.807, 2.05) is 10.4 Å². The van der Waals surface area contributed by atoms with Crippen LogP contribution in [0.1, 0.15) is 49.4 Å². The topological polar surface area (TPSA) is 110 Å². The van der Waals surface area contributed by atoms with Gasteiger partial charge < -0.3 is 5.32 Å². The number of alkyl halides is 6. The molecule has 4 rings (SSSR count). The Hall–Kier alpha value is -3.98. The summed E-state index contributed by atoms with van der Waals surface area (Å²) in [6.07, 6.45) is -10.4. The lowest BCUT2D eigenvalue weighted by Gasteiger charge is -2.41. The predicted molar refractivity (Wildman–Crippen MR) is 122 cm³/mol. The Balaban J connectivity index is 1.78. The summed E-state index contributed by atoms with van der Waals surface area (Å²) in [6.45, 7) is 2.07. The first-order valence-electron chi connectivity index (χ1n) is 11.8. The first-order chi connectivity index (χ1) is 18.3. The number of carbonyl (C=O) groups excluding carboxylic acids is 1. The number of hydrogen-bond donors (Lipinski definition) is 2. The zero-order valence-corrected chi connectivity index (χ0v) is 20.3. The number of carbonyl (C=O) groups is 1. The monoisotopic (exact) mass is 561 g/mol. The zero-order chi connectivity index (χ0) is 28.6. The maximum Gasteiger partial charge on any atom is 0.416 e. The van der Waals surface area contributed by atoms with Crippen molar-refractivity contribution in [2.75, 3.05) is 0 Å². The third-order valence-corrected chi connectivity index (χ3v) is 6.38. The summed E-state index contributed by atoms with van der Waals surface area (Å²) < 4.78 is 98.6. The highest BCUT2D eigenvalue weighted by molar-refractivity contribution is 6.22. The Kier molecular flexibility index (Phi) is 7.40. The lowest BCUT2D eigenvalue weighted by Crippen LogP contribution is -2.59. The Labute approximate surface area is 215 Å². The van der Waals surface area contributed by atoms with Gasteiger partial charge in [0.1, 0.15) is 11.5 Å². The Morgan fingerprint density at radius 1 is 1.08 bits per heavy atom. The molecule has 1 aliphatic heterocycles. The highest BCUT2D eigenvalue weighted by Gasteiger charge is 2.61. The third-order valence-electron chi connectivity index (χ3n) is 6.38. The van der Waals surface area contributed by atoms with Gasteiger partial charge in [0.05, 0.1) is 5.69 Å². The number of halogens is 7. The van der Waals surface area contributed by atoms with E-state index in [4.69, 9.17) is 0 Å². The number of rotatable bonds is 8. The average molecular weight is 561 g/mol. The maximum atomic E-state index is 15.3. The average Bonchev–Trinajstić information content (AvgIpc) is 3.49. The number of H-pyrrole nitrogens is 1. The quantitative estimate of drug-likeness (QED) is 0.320. The van der Waals surface area contributed by atoms with Gasteiger partial charge in [-0.05, 0) is 54.3 Å². The van der Waals surface area contributed by atoms with Crippen molar-refractivity contribution >= 4 is 17.2 Å². The fourth-order valence-electron chi connectivity index (χ4n) is 4.46. The second-order valence-corrected chi connectivity index (χ2v) is 8.97. The van der Waals surface area contributed by atoms with Crippen molar-refractivity contribution in [1.82, 2.24) is 35.3 Å². The van der Waals surface area contributed by atoms with E-state index in [1.54, 1.807) is 6.92 Å². The smallest absolute Gasteiger partial charge is 0.332 e. The normalized spacial score (nSPS) is 18.5. The van der Waals surface area contributed by atoms with E-state index in [0.717, 1.165) is 12.1 Å². The largest absolute Gasteiger partial charge is 0.416 e. The summed E-state index contributed by atoms with van der Waals surface area (Å²) in [5, 5.41) is 14.7. The number of nitrogens with zero attached hydrogens (tertiary/aromatic N) is 5. The van der Waals surface area contributed by atoms with Crippen LogP contribution in [0.4, 0.5) is 30.7 Å². The third kappa shape index (κ3) is 5.59. The molecule has 0 bridgehead atoms. The summed E-state index contributed by atoms with van der Waals surface area (Å²) >= 11 is 0. The highest BCUT2D eigenvalue weighted by atomic mass is 19.4. The van der Waals surface area contributed by atoms with E-state index in [2.05, 4.69) is 15.5 Å². The van der Waals surface area contributed by atoms with Crippen molar-refractivity contribution in [1.29, 1.82) is 0 Å². The molecular formula is C23H22F7N7O2. The van der Waals surface area contributed by atoms with Crippen molar-refractivity contribution in [3.63, 3.8) is 0 Å². The summed E-state index contributed by atoms with van der Waals surface area (Å²) in [6, 6.07) is 4.20. The number of nitrogens with one attached hydrogen (secondary N) is 2. The Morgan fingerprint density at radius 2 is 1.82 bits per heavy atom. The van der Waals surface area contributed by atoms with Crippen LogP contribution in [0.5, 0.6) is 0 Å². The number of hydrogen-bond acceptors (Lipinski definition) is 5. The van der Waals surface area contributed by atoms with Gasteiger partial charge in [0, 0.05) is 36.7 Å². The molecule has 16 heteroatoms. The minimum absolute atomic E-state index is 0.0114. The summed E-state index contributed by atoms with van der Waals surface area (Å²) in [5.41, 5.74) is -5.90. The lowest BCUT2D eigenvalue weighted by molar-refractivity contribution is -0.202. The molecule has 0 fully saturated rings. The van der Waals surface area contributed by atoms with Gasteiger partial charge in [-0.2, -0.15) is 36.1 Å². The van der Waals surface area contributed by atoms with Crippen molar-refractivity contribution in [3.05, 3.63) is 63.6 Å². The van der Waals surface area contributed by atoms with Crippen molar-refractivity contribution in [2.24, 2.45) is 0 Å². The van der Waals surface area contributed by atoms with Gasteiger partial charge in [0.2, 0.25) is 0 Å². The molecular weight excluding hydrogens is 539 g/mol. The molecule has 2 aromatic heterocycles. The molecule has 1 atom stereocenters. The SMILES string of the molecule is CCn1ccc(C2=C(n3nn[nH]c3=O)C(=O)NC(c3ccc(CCCCC(F)(F)F)cc3F)(C(F)(F)F)C2)n1. The minimum atomic E-state index is -5.23. The standard InChI is InChI=1S/C23H22F7N7O2/c1-2-36-10-8-17(33-36)14-12-21(23(28,29)30,31-19(38)18(14)37-20(39)32-34-35-37)15-7-6-13(11-16(15)24)5-3-4-9-22(25,26)27/h6-8,10-11H,2-5,9,12H2,1H3,(H,31,38)(H,32,35,39). The van der Waals surface area contributed by atoms with E-state index >= 15 is 4.39 Å². The predicted octanol–water partition coefficient (Wildman–Crippen LogP) is 3.94. The molecule has 1 aromatic carbocycles. The van der Waals surface area contributed by atoms with E-state index in [1.165, 1.54) is 23.0 Å². The molecule has 3 heterocycles. The molecule has 1 unspecified atom stereocenters. The van der Waals surface area contributed by atoms with Crippen molar-refractivity contribution in [3.8, 4) is 0 Å². The molecule has 9 nitrogen and oxygen atoms in total. The number of unbranched alkanes of at least 4 members (excludes halogenated alkanes) is 1. The molecule has 39 heavy (non-hydrogen) atoms. The molecule has 0 radical (unpaired) electrons. The van der Waals surface area contributed by atoms with Gasteiger partial charge in [0.25, 0.3) is 5.91 Å². The van der Waals surface area contributed by atoms with Gasteiger partial charge in [0.15, 0.2) is 5.54 Å². The first-order valence-corrected chi connectivity index (χ1v) is 11.8. The van der Waals surface area contributed by atoms with E-state index in [0.29, 0.717) is 11.2 Å². The molecule has 1 aliphatic rings. The van der Waals surface area contributed by atoms with Crippen LogP contribution in [0, 0.1) is 5.82 Å². The minimum Gasteiger partial charge on any atom is -0.332 e. The molecule has 0 saturated heterocycles. The fourth-order valence-corrected chi connectivity index (χ4v) is 4.46. The number of aromatic amines is 1. The van der Waals surface area contributed by atoms with Gasteiger partial charge >= 0.3 is 18.0 Å². The van der Waals surface area contributed by atoms with Crippen LogP contribution in [0.25, 0.3) is 11.3 Å². The Morgan fingerprint density at radius 3 is 2.38 bits per heavy atom. The van der Waals surface area contributed by atoms with Crippen LogP contribution in [0.15, 0.2) is 35.3 Å². The lowest BCUT2D eigenvalue weighted by atomic mass is 9.78. The summed E-state index contributed by atoms with van der Waals surface area (Å²) in [7, 11) is 0. The van der Waals surface area contributed by atoms with Gasteiger partial charge in [-0.25, -0.2) is 14.3 Å². The number of tetrazole rings is 1. The summed E-state index contributed by atoms with van der Waals surface area (Å²) in [5.74, 6) is -2.67. The first kappa shape index (κ1) is 28.0. The number of benzene rings is 1. The van der Waals surface area contributed by atoms with Crippen LogP contribution in [-0.4, -0.2) is 48.2 Å². The fraction of sp³-hybridized carbons (Fsp3) is 0.435. The van der Waals surface area contributed by atoms with E-state index < -0.39 is 59.4 Å². The van der Waals surface area contributed by atoms with Crippen LogP contribution < -0.4 is 11.0 Å². The second-order valence-electron chi connectivity index (χ2n) is 8.97. The molecule has 0 spiro atoms. The van der Waals surface area contributed by atoms with Crippen LogP contribution in [-0.2, 0) is 23.3 Å². The number of aromatic nitrogens is 6. The second kappa shape index (κ2) is 10.3. The summed E-state index contributed by atoms with van der Waals surface area (Å²) in [4.78, 5) is 25.4. The van der Waals surface area contributed by atoms with E-state index in [9.17, 15) is 35.9 Å². The molecule has 0 saturated carbocycles. The zero-order valence-electron chi connectivity index (χ0n) is 20.3. The molecule has 2 N–H and O–H groups in total.